The minimum atomic E-state index is -0.415. The maximum absolute atomic E-state index is 13.1. The Balaban J connectivity index is 1.28. The molecule has 2 aliphatic heterocycles. The normalized spacial score (nSPS) is 30.4. The molecule has 1 unspecified atom stereocenters. The van der Waals surface area contributed by atoms with Crippen LogP contribution < -0.4 is 10.6 Å². The van der Waals surface area contributed by atoms with Gasteiger partial charge in [0.25, 0.3) is 5.91 Å². The fourth-order valence-electron chi connectivity index (χ4n) is 6.68. The summed E-state index contributed by atoms with van der Waals surface area (Å²) >= 11 is 0. The second-order valence-corrected chi connectivity index (χ2v) is 11.0. The summed E-state index contributed by atoms with van der Waals surface area (Å²) < 4.78 is 0. The summed E-state index contributed by atoms with van der Waals surface area (Å²) in [6, 6.07) is 6.97. The minimum Gasteiger partial charge on any atom is -0.396 e. The summed E-state index contributed by atoms with van der Waals surface area (Å²) in [6.45, 7) is 4.62. The van der Waals surface area contributed by atoms with Crippen LogP contribution in [-0.2, 0) is 17.8 Å². The highest BCUT2D eigenvalue weighted by Gasteiger charge is 2.38. The third-order valence-electron chi connectivity index (χ3n) is 8.60. The van der Waals surface area contributed by atoms with E-state index in [2.05, 4.69) is 29.3 Å². The molecule has 1 saturated heterocycles. The lowest BCUT2D eigenvalue weighted by atomic mass is 9.75. The monoisotopic (exact) mass is 465 g/mol. The fraction of sp³-hybridized carbons (Fsp3) is 0.643. The molecule has 0 radical (unpaired) electrons. The molecule has 6 heteroatoms. The van der Waals surface area contributed by atoms with E-state index in [0.717, 1.165) is 42.5 Å². The van der Waals surface area contributed by atoms with E-state index < -0.39 is 6.04 Å². The molecule has 0 spiro atoms. The smallest absolute Gasteiger partial charge is 0.255 e. The molecule has 3 fully saturated rings. The number of hydrogen-bond acceptors (Lipinski definition) is 4. The summed E-state index contributed by atoms with van der Waals surface area (Å²) in [4.78, 5) is 27.3. The Bertz CT molecular complexity index is 939. The summed E-state index contributed by atoms with van der Waals surface area (Å²) in [6.07, 6.45) is 12.2. The van der Waals surface area contributed by atoms with Gasteiger partial charge in [0.05, 0.1) is 0 Å². The molecule has 2 aliphatic carbocycles. The molecule has 34 heavy (non-hydrogen) atoms. The number of nitrogens with zero attached hydrogens (tertiary/aromatic N) is 1. The van der Waals surface area contributed by atoms with Gasteiger partial charge in [-0.2, -0.15) is 0 Å². The van der Waals surface area contributed by atoms with Gasteiger partial charge in [0.1, 0.15) is 6.04 Å². The van der Waals surface area contributed by atoms with Crippen LogP contribution in [0.5, 0.6) is 0 Å². The number of piperidine rings is 1. The van der Waals surface area contributed by atoms with Gasteiger partial charge in [0, 0.05) is 36.5 Å². The van der Waals surface area contributed by atoms with Gasteiger partial charge in [0.15, 0.2) is 0 Å². The molecule has 2 amide bonds. The topological polar surface area (TPSA) is 81.7 Å². The largest absolute Gasteiger partial charge is 0.396 e. The lowest BCUT2D eigenvalue weighted by Gasteiger charge is -2.39. The molecule has 0 bridgehead atoms. The molecule has 2 heterocycles. The number of fused-ring (bicyclic) bond motifs is 1. The zero-order valence-electron chi connectivity index (χ0n) is 20.2. The molecule has 0 aromatic heterocycles. The SMILES string of the molecule is C=C1CCC(N2Cc3cc(C[C@H]4C[C@H](CO)CC[C@@H]4NC4CCCCC4)ccc3C2=O)C(=O)N1. The summed E-state index contributed by atoms with van der Waals surface area (Å²) in [5.74, 6) is 0.727. The Morgan fingerprint density at radius 1 is 1.09 bits per heavy atom. The molecule has 2 saturated carbocycles. The lowest BCUT2D eigenvalue weighted by molar-refractivity contribution is -0.126. The second-order valence-electron chi connectivity index (χ2n) is 11.0. The number of rotatable bonds is 6. The van der Waals surface area contributed by atoms with Gasteiger partial charge in [0.2, 0.25) is 5.91 Å². The zero-order chi connectivity index (χ0) is 23.7. The Morgan fingerprint density at radius 3 is 2.68 bits per heavy atom. The molecular formula is C28H39N3O3. The Kier molecular flexibility index (Phi) is 7.07. The first kappa shape index (κ1) is 23.6. The van der Waals surface area contributed by atoms with Crippen molar-refractivity contribution in [2.75, 3.05) is 6.61 Å². The van der Waals surface area contributed by atoms with E-state index in [-0.39, 0.29) is 18.4 Å². The van der Waals surface area contributed by atoms with Crippen molar-refractivity contribution in [3.63, 3.8) is 0 Å². The van der Waals surface area contributed by atoms with E-state index in [4.69, 9.17) is 0 Å². The summed E-state index contributed by atoms with van der Waals surface area (Å²) in [5.41, 5.74) is 3.76. The standard InChI is InChI=1S/C28H39N3O3/c1-18-7-12-26(27(33)29-18)31-16-22-14-19(8-10-24(22)28(31)34)13-21-15-20(17-32)9-11-25(21)30-23-5-3-2-4-6-23/h8,10,14,20-21,23,25-26,30,32H,1-7,9,11-13,15-17H2,(H,29,33)/t20-,21+,25+,26?/m1/s1. The van der Waals surface area contributed by atoms with Crippen molar-refractivity contribution >= 4 is 11.8 Å². The Morgan fingerprint density at radius 2 is 1.91 bits per heavy atom. The van der Waals surface area contributed by atoms with E-state index in [1.54, 1.807) is 4.90 Å². The molecule has 3 N–H and O–H groups in total. The average Bonchev–Trinajstić information content (AvgIpc) is 3.16. The Hall–Kier alpha value is -2.18. The first-order valence-electron chi connectivity index (χ1n) is 13.3. The number of aliphatic hydroxyl groups excluding tert-OH is 1. The Labute approximate surface area is 203 Å². The summed E-state index contributed by atoms with van der Waals surface area (Å²) in [7, 11) is 0. The van der Waals surface area contributed by atoms with Crippen molar-refractivity contribution in [1.29, 1.82) is 0 Å². The molecule has 1 aromatic rings. The molecule has 6 nitrogen and oxygen atoms in total. The van der Waals surface area contributed by atoms with Crippen LogP contribution in [0.4, 0.5) is 0 Å². The van der Waals surface area contributed by atoms with Crippen LogP contribution in [0, 0.1) is 11.8 Å². The molecule has 5 rings (SSSR count). The fourth-order valence-corrected chi connectivity index (χ4v) is 6.68. The number of hydrogen-bond donors (Lipinski definition) is 3. The molecule has 4 atom stereocenters. The van der Waals surface area contributed by atoms with Crippen LogP contribution in [0.3, 0.4) is 0 Å². The lowest BCUT2D eigenvalue weighted by Crippen LogP contribution is -2.49. The maximum Gasteiger partial charge on any atom is 0.255 e. The van der Waals surface area contributed by atoms with Crippen molar-refractivity contribution in [2.45, 2.75) is 95.3 Å². The highest BCUT2D eigenvalue weighted by atomic mass is 16.3. The third-order valence-corrected chi connectivity index (χ3v) is 8.60. The first-order chi connectivity index (χ1) is 16.5. The summed E-state index contributed by atoms with van der Waals surface area (Å²) in [5, 5.41) is 16.6. The van der Waals surface area contributed by atoms with Crippen molar-refractivity contribution < 1.29 is 14.7 Å². The van der Waals surface area contributed by atoms with Crippen LogP contribution in [0.1, 0.15) is 85.7 Å². The van der Waals surface area contributed by atoms with E-state index in [0.29, 0.717) is 43.3 Å². The van der Waals surface area contributed by atoms with Gasteiger partial charge in [-0.05, 0) is 80.4 Å². The van der Waals surface area contributed by atoms with Crippen molar-refractivity contribution in [2.24, 2.45) is 11.8 Å². The maximum atomic E-state index is 13.1. The predicted molar refractivity (Wildman–Crippen MR) is 132 cm³/mol. The van der Waals surface area contributed by atoms with E-state index in [9.17, 15) is 14.7 Å². The molecule has 4 aliphatic rings. The van der Waals surface area contributed by atoms with Crippen molar-refractivity contribution in [3.8, 4) is 0 Å². The number of carbonyl (C=O) groups excluding carboxylic acids is 2. The average molecular weight is 466 g/mol. The minimum absolute atomic E-state index is 0.0379. The molecular weight excluding hydrogens is 426 g/mol. The highest BCUT2D eigenvalue weighted by molar-refractivity contribution is 6.01. The van der Waals surface area contributed by atoms with Crippen LogP contribution in [0.2, 0.25) is 0 Å². The second kappa shape index (κ2) is 10.2. The highest BCUT2D eigenvalue weighted by Crippen LogP contribution is 2.35. The van der Waals surface area contributed by atoms with Crippen molar-refractivity contribution in [1.82, 2.24) is 15.5 Å². The van der Waals surface area contributed by atoms with Crippen LogP contribution in [-0.4, -0.2) is 46.6 Å². The quantitative estimate of drug-likeness (QED) is 0.599. The van der Waals surface area contributed by atoms with E-state index >= 15 is 0 Å². The zero-order valence-corrected chi connectivity index (χ0v) is 20.2. The third kappa shape index (κ3) is 4.94. The number of amides is 2. The number of aliphatic hydroxyl groups is 1. The number of nitrogens with one attached hydrogen (secondary N) is 2. The number of benzene rings is 1. The number of carbonyl (C=O) groups is 2. The van der Waals surface area contributed by atoms with E-state index in [1.807, 2.05) is 6.07 Å². The van der Waals surface area contributed by atoms with Gasteiger partial charge in [-0.15, -0.1) is 0 Å². The van der Waals surface area contributed by atoms with Crippen LogP contribution >= 0.6 is 0 Å². The van der Waals surface area contributed by atoms with Gasteiger partial charge in [-0.1, -0.05) is 38.0 Å². The number of allylic oxidation sites excluding steroid dienone is 1. The van der Waals surface area contributed by atoms with Gasteiger partial charge < -0.3 is 20.6 Å². The predicted octanol–water partition coefficient (Wildman–Crippen LogP) is 3.68. The van der Waals surface area contributed by atoms with Gasteiger partial charge in [-0.25, -0.2) is 0 Å². The first-order valence-corrected chi connectivity index (χ1v) is 13.3. The van der Waals surface area contributed by atoms with Crippen LogP contribution in [0.15, 0.2) is 30.5 Å². The molecule has 1 aromatic carbocycles. The van der Waals surface area contributed by atoms with Crippen molar-refractivity contribution in [3.05, 3.63) is 47.2 Å². The van der Waals surface area contributed by atoms with E-state index in [1.165, 1.54) is 37.7 Å². The van der Waals surface area contributed by atoms with Gasteiger partial charge in [-0.3, -0.25) is 9.59 Å². The van der Waals surface area contributed by atoms with Gasteiger partial charge >= 0.3 is 0 Å². The van der Waals surface area contributed by atoms with Crippen LogP contribution in [0.25, 0.3) is 0 Å². The molecule has 184 valence electrons.